The molecule has 0 atom stereocenters. The summed E-state index contributed by atoms with van der Waals surface area (Å²) in [7, 11) is 0. The molecule has 1 N–H and O–H groups in total. The van der Waals surface area contributed by atoms with E-state index in [2.05, 4.69) is 5.32 Å². The second-order valence-corrected chi connectivity index (χ2v) is 8.19. The Bertz CT molecular complexity index is 1400. The molecule has 0 saturated carbocycles. The molecule has 0 aliphatic carbocycles. The summed E-state index contributed by atoms with van der Waals surface area (Å²) >= 11 is 0. The fraction of sp³-hybridized carbons (Fsp3) is 0.179. The molecular formula is C28H24F3NO3. The molecule has 0 spiro atoms. The van der Waals surface area contributed by atoms with Crippen LogP contribution in [0.3, 0.4) is 0 Å². The number of carbonyl (C=O) groups is 1. The number of ether oxygens (including phenoxy) is 1. The quantitative estimate of drug-likeness (QED) is 0.286. The third-order valence-corrected chi connectivity index (χ3v) is 5.57. The third-order valence-electron chi connectivity index (χ3n) is 5.57. The van der Waals surface area contributed by atoms with E-state index >= 15 is 0 Å². The standard InChI is InChI=1S/C28H24F3NO3/c1-4-34-25-15-26-23(24(16-35-26)19-10-8-17(2)9-11-19)14-22(25)18(3)12-27(33)32-21-7-5-6-20(13-21)28(29,30)31/h5-16H,4H2,1-3H3,(H,32,33)/b18-12+. The lowest BCUT2D eigenvalue weighted by atomic mass is 9.98. The van der Waals surface area contributed by atoms with Crippen LogP contribution in [0.4, 0.5) is 18.9 Å². The Morgan fingerprint density at radius 3 is 2.51 bits per heavy atom. The number of alkyl halides is 3. The number of allylic oxidation sites excluding steroid dienone is 1. The smallest absolute Gasteiger partial charge is 0.416 e. The van der Waals surface area contributed by atoms with Crippen molar-refractivity contribution in [2.24, 2.45) is 0 Å². The molecule has 1 aromatic heterocycles. The van der Waals surface area contributed by atoms with Gasteiger partial charge in [0, 0.05) is 34.3 Å². The highest BCUT2D eigenvalue weighted by atomic mass is 19.4. The minimum absolute atomic E-state index is 0.0610. The summed E-state index contributed by atoms with van der Waals surface area (Å²) in [6.45, 7) is 6.03. The van der Waals surface area contributed by atoms with Gasteiger partial charge in [-0.2, -0.15) is 13.2 Å². The second-order valence-electron chi connectivity index (χ2n) is 8.19. The average Bonchev–Trinajstić information content (AvgIpc) is 3.21. The third kappa shape index (κ3) is 5.40. The largest absolute Gasteiger partial charge is 0.493 e. The lowest BCUT2D eigenvalue weighted by Crippen LogP contribution is -2.11. The molecule has 4 rings (SSSR count). The Morgan fingerprint density at radius 1 is 1.09 bits per heavy atom. The first-order chi connectivity index (χ1) is 16.7. The van der Waals surface area contributed by atoms with E-state index in [4.69, 9.17) is 9.15 Å². The van der Waals surface area contributed by atoms with Crippen molar-refractivity contribution in [3.8, 4) is 16.9 Å². The number of amides is 1. The number of hydrogen-bond donors (Lipinski definition) is 1. The van der Waals surface area contributed by atoms with Crippen LogP contribution in [-0.4, -0.2) is 12.5 Å². The summed E-state index contributed by atoms with van der Waals surface area (Å²) in [4.78, 5) is 12.6. The number of benzene rings is 3. The molecule has 1 heterocycles. The number of carbonyl (C=O) groups excluding carboxylic acids is 1. The van der Waals surface area contributed by atoms with Crippen LogP contribution >= 0.6 is 0 Å². The Kier molecular flexibility index (Phi) is 6.69. The number of furan rings is 1. The molecule has 0 aliphatic heterocycles. The van der Waals surface area contributed by atoms with Gasteiger partial charge in [-0.25, -0.2) is 0 Å². The first-order valence-electron chi connectivity index (χ1n) is 11.1. The van der Waals surface area contributed by atoms with E-state index in [1.807, 2.05) is 44.2 Å². The molecule has 35 heavy (non-hydrogen) atoms. The maximum atomic E-state index is 13.0. The molecule has 0 bridgehead atoms. The maximum absolute atomic E-state index is 13.0. The minimum Gasteiger partial charge on any atom is -0.493 e. The summed E-state index contributed by atoms with van der Waals surface area (Å²) in [5.41, 5.74) is 4.21. The monoisotopic (exact) mass is 479 g/mol. The van der Waals surface area contributed by atoms with Crippen molar-refractivity contribution in [3.63, 3.8) is 0 Å². The van der Waals surface area contributed by atoms with Crippen LogP contribution in [0.25, 0.3) is 27.7 Å². The highest BCUT2D eigenvalue weighted by Gasteiger charge is 2.30. The van der Waals surface area contributed by atoms with Gasteiger partial charge in [-0.15, -0.1) is 0 Å². The summed E-state index contributed by atoms with van der Waals surface area (Å²) in [6, 6.07) is 16.3. The Morgan fingerprint density at radius 2 is 1.83 bits per heavy atom. The predicted molar refractivity (Wildman–Crippen MR) is 131 cm³/mol. The Labute approximate surface area is 201 Å². The number of aryl methyl sites for hydroxylation is 1. The molecule has 0 fully saturated rings. The number of hydrogen-bond acceptors (Lipinski definition) is 3. The maximum Gasteiger partial charge on any atom is 0.416 e. The van der Waals surface area contributed by atoms with Crippen LogP contribution in [0.5, 0.6) is 5.75 Å². The molecule has 0 unspecified atom stereocenters. The molecule has 7 heteroatoms. The highest BCUT2D eigenvalue weighted by Crippen LogP contribution is 2.38. The zero-order valence-corrected chi connectivity index (χ0v) is 19.5. The normalized spacial score (nSPS) is 12.1. The van der Waals surface area contributed by atoms with Gasteiger partial charge in [0.1, 0.15) is 11.3 Å². The van der Waals surface area contributed by atoms with Crippen molar-refractivity contribution in [2.45, 2.75) is 26.9 Å². The first kappa shape index (κ1) is 24.1. The van der Waals surface area contributed by atoms with E-state index in [9.17, 15) is 18.0 Å². The van der Waals surface area contributed by atoms with Crippen LogP contribution in [0.1, 0.15) is 30.5 Å². The summed E-state index contributed by atoms with van der Waals surface area (Å²) < 4.78 is 50.5. The van der Waals surface area contributed by atoms with Crippen LogP contribution in [0.2, 0.25) is 0 Å². The molecule has 0 saturated heterocycles. The van der Waals surface area contributed by atoms with Gasteiger partial charge in [0.05, 0.1) is 18.4 Å². The first-order valence-corrected chi connectivity index (χ1v) is 11.1. The number of fused-ring (bicyclic) bond motifs is 1. The van der Waals surface area contributed by atoms with Crippen LogP contribution in [0, 0.1) is 6.92 Å². The molecule has 4 nitrogen and oxygen atoms in total. The van der Waals surface area contributed by atoms with Crippen LogP contribution in [-0.2, 0) is 11.0 Å². The van der Waals surface area contributed by atoms with Crippen molar-refractivity contribution in [2.75, 3.05) is 11.9 Å². The predicted octanol–water partition coefficient (Wildman–Crippen LogP) is 7.87. The van der Waals surface area contributed by atoms with Crippen molar-refractivity contribution < 1.29 is 27.1 Å². The van der Waals surface area contributed by atoms with Gasteiger partial charge < -0.3 is 14.5 Å². The summed E-state index contributed by atoms with van der Waals surface area (Å²) in [5.74, 6) is 0.000691. The van der Waals surface area contributed by atoms with E-state index in [1.54, 1.807) is 19.3 Å². The topological polar surface area (TPSA) is 51.5 Å². The number of anilines is 1. The van der Waals surface area contributed by atoms with Gasteiger partial charge >= 0.3 is 6.18 Å². The van der Waals surface area contributed by atoms with Gasteiger partial charge in [0.25, 0.3) is 0 Å². The molecule has 0 radical (unpaired) electrons. The summed E-state index contributed by atoms with van der Waals surface area (Å²) in [5, 5.41) is 3.37. The Hall–Kier alpha value is -4.00. The zero-order chi connectivity index (χ0) is 25.2. The highest BCUT2D eigenvalue weighted by molar-refractivity contribution is 6.05. The van der Waals surface area contributed by atoms with Crippen LogP contribution < -0.4 is 10.1 Å². The zero-order valence-electron chi connectivity index (χ0n) is 19.5. The van der Waals surface area contributed by atoms with Gasteiger partial charge in [-0.05, 0) is 56.2 Å². The molecule has 0 aliphatic rings. The molecule has 180 valence electrons. The van der Waals surface area contributed by atoms with Gasteiger partial charge in [-0.3, -0.25) is 4.79 Å². The van der Waals surface area contributed by atoms with E-state index in [0.29, 0.717) is 29.1 Å². The fourth-order valence-corrected chi connectivity index (χ4v) is 3.82. The van der Waals surface area contributed by atoms with E-state index in [0.717, 1.165) is 34.2 Å². The second kappa shape index (κ2) is 9.70. The number of rotatable bonds is 6. The van der Waals surface area contributed by atoms with Gasteiger partial charge in [0.15, 0.2) is 0 Å². The minimum atomic E-state index is -4.49. The Balaban J connectivity index is 1.69. The lowest BCUT2D eigenvalue weighted by Gasteiger charge is -2.12. The van der Waals surface area contributed by atoms with Crippen molar-refractivity contribution in [1.82, 2.24) is 0 Å². The van der Waals surface area contributed by atoms with E-state index in [1.165, 1.54) is 18.2 Å². The molecule has 3 aromatic carbocycles. The summed E-state index contributed by atoms with van der Waals surface area (Å²) in [6.07, 6.45) is -1.46. The van der Waals surface area contributed by atoms with Crippen molar-refractivity contribution in [3.05, 3.63) is 89.7 Å². The van der Waals surface area contributed by atoms with E-state index in [-0.39, 0.29) is 5.69 Å². The van der Waals surface area contributed by atoms with Crippen molar-refractivity contribution >= 4 is 28.1 Å². The lowest BCUT2D eigenvalue weighted by molar-refractivity contribution is -0.137. The number of halogens is 3. The van der Waals surface area contributed by atoms with Gasteiger partial charge in [0.2, 0.25) is 5.91 Å². The number of nitrogens with one attached hydrogen (secondary N) is 1. The molecule has 1 amide bonds. The molecule has 4 aromatic rings. The van der Waals surface area contributed by atoms with E-state index < -0.39 is 17.6 Å². The fourth-order valence-electron chi connectivity index (χ4n) is 3.82. The van der Waals surface area contributed by atoms with Gasteiger partial charge in [-0.1, -0.05) is 35.9 Å². The average molecular weight is 479 g/mol. The van der Waals surface area contributed by atoms with Crippen molar-refractivity contribution in [1.29, 1.82) is 0 Å². The molecular weight excluding hydrogens is 455 g/mol. The van der Waals surface area contributed by atoms with Crippen LogP contribution in [0.15, 0.2) is 77.4 Å². The SMILES string of the molecule is CCOc1cc2occ(-c3ccc(C)cc3)c2cc1/C(C)=C/C(=O)Nc1cccc(C(F)(F)F)c1.